The molecular formula is C74H136O6. The van der Waals surface area contributed by atoms with Crippen molar-refractivity contribution in [2.45, 2.75) is 393 Å². The van der Waals surface area contributed by atoms with Gasteiger partial charge in [0, 0.05) is 19.3 Å². The molecule has 1 unspecified atom stereocenters. The van der Waals surface area contributed by atoms with Crippen molar-refractivity contribution >= 4 is 17.9 Å². The maximum Gasteiger partial charge on any atom is 0.306 e. The van der Waals surface area contributed by atoms with E-state index < -0.39 is 6.10 Å². The fourth-order valence-corrected chi connectivity index (χ4v) is 10.7. The molecule has 468 valence electrons. The van der Waals surface area contributed by atoms with Crippen LogP contribution < -0.4 is 0 Å². The van der Waals surface area contributed by atoms with Crippen LogP contribution in [0.25, 0.3) is 0 Å². The Morgan fingerprint density at radius 2 is 0.475 bits per heavy atom. The Hall–Kier alpha value is -2.63. The molecule has 0 aliphatic carbocycles. The highest BCUT2D eigenvalue weighted by Gasteiger charge is 2.19. The first-order valence-electron chi connectivity index (χ1n) is 35.6. The van der Waals surface area contributed by atoms with Gasteiger partial charge in [-0.15, -0.1) is 0 Å². The number of carbonyl (C=O) groups excluding carboxylic acids is 3. The summed E-state index contributed by atoms with van der Waals surface area (Å²) in [5.74, 6) is -0.860. The minimum Gasteiger partial charge on any atom is -0.462 e. The van der Waals surface area contributed by atoms with Crippen LogP contribution in [0, 0.1) is 0 Å². The molecule has 0 aromatic heterocycles. The van der Waals surface area contributed by atoms with E-state index in [0.29, 0.717) is 19.3 Å². The van der Waals surface area contributed by atoms with Crippen molar-refractivity contribution in [3.8, 4) is 0 Å². The Labute approximate surface area is 498 Å². The van der Waals surface area contributed by atoms with E-state index in [1.807, 2.05) is 0 Å². The highest BCUT2D eigenvalue weighted by Crippen LogP contribution is 2.18. The third-order valence-corrected chi connectivity index (χ3v) is 16.0. The molecule has 6 heteroatoms. The Morgan fingerprint density at radius 3 is 0.750 bits per heavy atom. The van der Waals surface area contributed by atoms with E-state index >= 15 is 0 Å². The van der Waals surface area contributed by atoms with Gasteiger partial charge in [0.2, 0.25) is 0 Å². The molecule has 0 fully saturated rings. The van der Waals surface area contributed by atoms with E-state index in [-0.39, 0.29) is 31.1 Å². The maximum absolute atomic E-state index is 12.9. The first kappa shape index (κ1) is 77.4. The molecule has 0 aromatic rings. The average Bonchev–Trinajstić information content (AvgIpc) is 3.46. The van der Waals surface area contributed by atoms with Crippen LogP contribution in [0.1, 0.15) is 387 Å². The zero-order valence-corrected chi connectivity index (χ0v) is 53.9. The van der Waals surface area contributed by atoms with E-state index in [1.165, 1.54) is 270 Å². The van der Waals surface area contributed by atoms with Crippen molar-refractivity contribution in [1.29, 1.82) is 0 Å². The topological polar surface area (TPSA) is 78.9 Å². The number of hydrogen-bond acceptors (Lipinski definition) is 6. The minimum absolute atomic E-state index is 0.0722. The van der Waals surface area contributed by atoms with Gasteiger partial charge in [-0.1, -0.05) is 320 Å². The van der Waals surface area contributed by atoms with E-state index in [0.717, 1.165) is 77.0 Å². The summed E-state index contributed by atoms with van der Waals surface area (Å²) >= 11 is 0. The second-order valence-electron chi connectivity index (χ2n) is 24.1. The highest BCUT2D eigenvalue weighted by atomic mass is 16.6. The summed E-state index contributed by atoms with van der Waals surface area (Å²) in [5, 5.41) is 0. The van der Waals surface area contributed by atoms with E-state index in [1.54, 1.807) is 0 Å². The predicted molar refractivity (Wildman–Crippen MR) is 349 cm³/mol. The third kappa shape index (κ3) is 66.2. The van der Waals surface area contributed by atoms with Crippen molar-refractivity contribution in [3.63, 3.8) is 0 Å². The summed E-state index contributed by atoms with van der Waals surface area (Å²) in [6.45, 7) is 6.62. The van der Waals surface area contributed by atoms with E-state index in [9.17, 15) is 14.4 Å². The standard InChI is InChI=1S/C74H136O6/c1-4-7-10-13-16-19-22-24-26-28-30-32-34-36-37-39-40-42-44-46-48-50-52-55-58-61-64-67-73(76)79-70-71(69-78-72(75)66-63-60-57-54-21-18-15-12-9-6-3)80-74(77)68-65-62-59-56-53-51-49-47-45-43-41-38-35-33-31-29-27-25-23-20-17-14-11-8-5-2/h12,15,22,24,28-31,71H,4-11,13-14,16-21,23,25-27,32-70H2,1-3H3/b15-12-,24-22-,30-28-,31-29-. The van der Waals surface area contributed by atoms with Crippen molar-refractivity contribution < 1.29 is 28.6 Å². The van der Waals surface area contributed by atoms with Gasteiger partial charge in [-0.3, -0.25) is 14.4 Å². The Kier molecular flexibility index (Phi) is 66.6. The smallest absolute Gasteiger partial charge is 0.306 e. The van der Waals surface area contributed by atoms with Crippen LogP contribution in [0.4, 0.5) is 0 Å². The molecule has 0 aliphatic rings. The molecule has 6 nitrogen and oxygen atoms in total. The minimum atomic E-state index is -0.775. The molecule has 0 amide bonds. The van der Waals surface area contributed by atoms with E-state index in [4.69, 9.17) is 14.2 Å². The van der Waals surface area contributed by atoms with Gasteiger partial charge in [0.25, 0.3) is 0 Å². The van der Waals surface area contributed by atoms with Gasteiger partial charge in [0.15, 0.2) is 6.10 Å². The second-order valence-corrected chi connectivity index (χ2v) is 24.1. The summed E-state index contributed by atoms with van der Waals surface area (Å²) in [6.07, 6.45) is 87.3. The van der Waals surface area contributed by atoms with Gasteiger partial charge < -0.3 is 14.2 Å². The lowest BCUT2D eigenvalue weighted by Crippen LogP contribution is -2.30. The predicted octanol–water partition coefficient (Wildman–Crippen LogP) is 24.5. The van der Waals surface area contributed by atoms with Crippen molar-refractivity contribution in [1.82, 2.24) is 0 Å². The van der Waals surface area contributed by atoms with Crippen molar-refractivity contribution in [2.75, 3.05) is 13.2 Å². The van der Waals surface area contributed by atoms with Crippen LogP contribution in [-0.4, -0.2) is 37.2 Å². The van der Waals surface area contributed by atoms with Gasteiger partial charge >= 0.3 is 17.9 Å². The van der Waals surface area contributed by atoms with Gasteiger partial charge in [0.05, 0.1) is 0 Å². The Bertz CT molecular complexity index is 1380. The summed E-state index contributed by atoms with van der Waals surface area (Å²) in [5.41, 5.74) is 0. The fraction of sp³-hybridized carbons (Fsp3) is 0.851. The van der Waals surface area contributed by atoms with E-state index in [2.05, 4.69) is 69.4 Å². The number of ether oxygens (including phenoxy) is 3. The summed E-state index contributed by atoms with van der Waals surface area (Å²) in [4.78, 5) is 38.3. The van der Waals surface area contributed by atoms with Crippen LogP contribution in [-0.2, 0) is 28.6 Å². The maximum atomic E-state index is 12.9. The summed E-state index contributed by atoms with van der Waals surface area (Å²) in [6, 6.07) is 0. The number of carbonyl (C=O) groups is 3. The monoisotopic (exact) mass is 1120 g/mol. The molecule has 0 saturated carbocycles. The molecular weight excluding hydrogens is 985 g/mol. The quantitative estimate of drug-likeness (QED) is 0.0261. The first-order chi connectivity index (χ1) is 39.5. The lowest BCUT2D eigenvalue weighted by atomic mass is 10.0. The zero-order chi connectivity index (χ0) is 57.8. The van der Waals surface area contributed by atoms with Crippen LogP contribution in [0.3, 0.4) is 0 Å². The van der Waals surface area contributed by atoms with Crippen LogP contribution in [0.15, 0.2) is 48.6 Å². The normalized spacial score (nSPS) is 12.3. The molecule has 0 bridgehead atoms. The number of allylic oxidation sites excluding steroid dienone is 8. The molecule has 1 atom stereocenters. The average molecular weight is 1120 g/mol. The fourth-order valence-electron chi connectivity index (χ4n) is 10.7. The van der Waals surface area contributed by atoms with Crippen molar-refractivity contribution in [3.05, 3.63) is 48.6 Å². The SMILES string of the molecule is CCC/C=C\CCCCCCCC(=O)OCC(COC(=O)CCCCCCCCCCCCCCCCC/C=C\C/C=C\CCCCCCC)OC(=O)CCCCCCCCCCCCCCC/C=C\CCCCCCCCCC. The molecule has 0 aliphatic heterocycles. The molecule has 0 aromatic carbocycles. The molecule has 0 N–H and O–H groups in total. The molecule has 80 heavy (non-hydrogen) atoms. The van der Waals surface area contributed by atoms with Gasteiger partial charge in [-0.25, -0.2) is 0 Å². The lowest BCUT2D eigenvalue weighted by Gasteiger charge is -2.18. The Balaban J connectivity index is 4.14. The zero-order valence-electron chi connectivity index (χ0n) is 53.9. The van der Waals surface area contributed by atoms with Crippen LogP contribution in [0.5, 0.6) is 0 Å². The first-order valence-corrected chi connectivity index (χ1v) is 35.6. The van der Waals surface area contributed by atoms with Gasteiger partial charge in [0.1, 0.15) is 13.2 Å². The number of unbranched alkanes of at least 4 members (excludes halogenated alkanes) is 47. The summed E-state index contributed by atoms with van der Waals surface area (Å²) < 4.78 is 16.9. The largest absolute Gasteiger partial charge is 0.462 e. The Morgan fingerprint density at radius 1 is 0.250 bits per heavy atom. The second kappa shape index (κ2) is 68.9. The highest BCUT2D eigenvalue weighted by molar-refractivity contribution is 5.71. The molecule has 0 spiro atoms. The number of esters is 3. The molecule has 0 rings (SSSR count). The van der Waals surface area contributed by atoms with Gasteiger partial charge in [-0.05, 0) is 96.3 Å². The van der Waals surface area contributed by atoms with Crippen LogP contribution in [0.2, 0.25) is 0 Å². The van der Waals surface area contributed by atoms with Crippen LogP contribution >= 0.6 is 0 Å². The number of rotatable bonds is 66. The van der Waals surface area contributed by atoms with Gasteiger partial charge in [-0.2, -0.15) is 0 Å². The number of hydrogen-bond donors (Lipinski definition) is 0. The lowest BCUT2D eigenvalue weighted by molar-refractivity contribution is -0.167. The third-order valence-electron chi connectivity index (χ3n) is 16.0. The molecule has 0 radical (unpaired) electrons. The molecule has 0 saturated heterocycles. The summed E-state index contributed by atoms with van der Waals surface area (Å²) in [7, 11) is 0. The van der Waals surface area contributed by atoms with Crippen molar-refractivity contribution in [2.24, 2.45) is 0 Å². The molecule has 0 heterocycles.